The van der Waals surface area contributed by atoms with Gasteiger partial charge in [-0.05, 0) is 38.7 Å². The smallest absolute Gasteiger partial charge is 0.408 e. The van der Waals surface area contributed by atoms with Crippen LogP contribution in [0.3, 0.4) is 0 Å². The zero-order chi connectivity index (χ0) is 25.0. The normalized spacial score (nSPS) is 13.9. The monoisotopic (exact) mass is 463 g/mol. The Kier molecular flexibility index (Phi) is 11.6. The molecule has 0 heterocycles. The van der Waals surface area contributed by atoms with Crippen LogP contribution in [0.5, 0.6) is 0 Å². The first-order valence-electron chi connectivity index (χ1n) is 11.2. The molecule has 0 fully saturated rings. The van der Waals surface area contributed by atoms with Gasteiger partial charge in [-0.15, -0.1) is 0 Å². The maximum atomic E-state index is 13.5. The van der Waals surface area contributed by atoms with Gasteiger partial charge in [-0.25, -0.2) is 4.79 Å². The average molecular weight is 464 g/mol. The molecule has 1 aromatic rings. The van der Waals surface area contributed by atoms with E-state index in [-0.39, 0.29) is 32.0 Å². The van der Waals surface area contributed by atoms with Gasteiger partial charge in [0, 0.05) is 13.2 Å². The van der Waals surface area contributed by atoms with E-state index in [9.17, 15) is 24.3 Å². The number of hydrogen-bond acceptors (Lipinski definition) is 6. The Morgan fingerprint density at radius 1 is 1.18 bits per heavy atom. The summed E-state index contributed by atoms with van der Waals surface area (Å²) in [5, 5.41) is 14.4. The lowest BCUT2D eigenvalue weighted by Gasteiger charge is -2.34. The number of benzene rings is 1. The van der Waals surface area contributed by atoms with Crippen molar-refractivity contribution in [2.75, 3.05) is 19.7 Å². The molecule has 3 unspecified atom stereocenters. The van der Waals surface area contributed by atoms with Crippen LogP contribution in [-0.2, 0) is 19.1 Å². The number of nitrogens with one attached hydrogen (secondary N) is 2. The van der Waals surface area contributed by atoms with Gasteiger partial charge in [0.2, 0.25) is 11.8 Å². The highest BCUT2D eigenvalue weighted by Crippen LogP contribution is 2.22. The third kappa shape index (κ3) is 9.61. The first-order valence-corrected chi connectivity index (χ1v) is 11.2. The highest BCUT2D eigenvalue weighted by Gasteiger charge is 2.34. The summed E-state index contributed by atoms with van der Waals surface area (Å²) >= 11 is 0. The number of carbonyl (C=O) groups is 4. The molecule has 0 saturated carbocycles. The van der Waals surface area contributed by atoms with Gasteiger partial charge in [0.25, 0.3) is 0 Å². The van der Waals surface area contributed by atoms with Crippen LogP contribution in [0.1, 0.15) is 59.1 Å². The molecular weight excluding hydrogens is 426 g/mol. The molecule has 0 aliphatic heterocycles. The highest BCUT2D eigenvalue weighted by molar-refractivity contribution is 5.91. The Hall–Kier alpha value is -2.94. The number of hydrogen-bond donors (Lipinski definition) is 3. The molecule has 3 amide bonds. The number of aliphatic hydroxyl groups is 1. The van der Waals surface area contributed by atoms with E-state index in [2.05, 4.69) is 10.6 Å². The predicted molar refractivity (Wildman–Crippen MR) is 124 cm³/mol. The van der Waals surface area contributed by atoms with Crippen molar-refractivity contribution in [3.63, 3.8) is 0 Å². The second-order valence-electron chi connectivity index (χ2n) is 8.89. The molecule has 9 heteroatoms. The van der Waals surface area contributed by atoms with Crippen LogP contribution in [0.25, 0.3) is 0 Å². The number of ether oxygens (including phenoxy) is 1. The van der Waals surface area contributed by atoms with Gasteiger partial charge < -0.3 is 30.2 Å². The molecule has 0 radical (unpaired) electrons. The van der Waals surface area contributed by atoms with Crippen LogP contribution < -0.4 is 10.6 Å². The van der Waals surface area contributed by atoms with Gasteiger partial charge in [-0.3, -0.25) is 9.59 Å². The third-order valence-electron chi connectivity index (χ3n) is 5.03. The van der Waals surface area contributed by atoms with Gasteiger partial charge in [-0.2, -0.15) is 0 Å². The maximum Gasteiger partial charge on any atom is 0.408 e. The summed E-state index contributed by atoms with van der Waals surface area (Å²) in [4.78, 5) is 51.3. The van der Waals surface area contributed by atoms with Crippen molar-refractivity contribution < 1.29 is 29.0 Å². The number of amides is 3. The Bertz CT molecular complexity index is 778. The van der Waals surface area contributed by atoms with Gasteiger partial charge in [0.15, 0.2) is 0 Å². The fourth-order valence-corrected chi connectivity index (χ4v) is 3.16. The second-order valence-corrected chi connectivity index (χ2v) is 8.89. The molecule has 0 spiro atoms. The summed E-state index contributed by atoms with van der Waals surface area (Å²) in [5.41, 5.74) is -0.0656. The molecule has 9 nitrogen and oxygen atoms in total. The van der Waals surface area contributed by atoms with E-state index >= 15 is 0 Å². The number of rotatable bonds is 12. The fraction of sp³-hybridized carbons (Fsp3) is 0.583. The molecule has 3 atom stereocenters. The quantitative estimate of drug-likeness (QED) is 0.408. The van der Waals surface area contributed by atoms with Crippen LogP contribution in [0.15, 0.2) is 30.3 Å². The standard InChI is InChI=1S/C24H37N3O6/c1-6-17(2)21(26-20(30)15-25-23(32)33-24(3,4)5)22(31)27(13-10-14-28)19(16-29)18-11-8-7-9-12-18/h7-9,11-12,16-17,19,21,28H,6,10,13-15H2,1-5H3,(H,25,32)(H,26,30). The summed E-state index contributed by atoms with van der Waals surface area (Å²) in [6.07, 6.45) is 0.828. The molecule has 0 aromatic heterocycles. The number of nitrogens with zero attached hydrogens (tertiary/aromatic N) is 1. The van der Waals surface area contributed by atoms with Crippen molar-refractivity contribution in [1.82, 2.24) is 15.5 Å². The maximum absolute atomic E-state index is 13.5. The lowest BCUT2D eigenvalue weighted by molar-refractivity contribution is -0.142. The molecule has 0 aliphatic carbocycles. The first-order chi connectivity index (χ1) is 15.5. The van der Waals surface area contributed by atoms with Crippen molar-refractivity contribution in [3.05, 3.63) is 35.9 Å². The van der Waals surface area contributed by atoms with Gasteiger partial charge >= 0.3 is 6.09 Å². The SMILES string of the molecule is CCC(C)C(NC(=O)CNC(=O)OC(C)(C)C)C(=O)N(CCCO)C(C=O)c1ccccc1. The van der Waals surface area contributed by atoms with E-state index in [4.69, 9.17) is 4.74 Å². The molecule has 33 heavy (non-hydrogen) atoms. The minimum atomic E-state index is -0.909. The summed E-state index contributed by atoms with van der Waals surface area (Å²) in [6, 6.07) is 7.10. The van der Waals surface area contributed by atoms with E-state index in [1.807, 2.05) is 19.9 Å². The van der Waals surface area contributed by atoms with E-state index < -0.39 is 35.6 Å². The second kappa shape index (κ2) is 13.6. The van der Waals surface area contributed by atoms with E-state index in [1.165, 1.54) is 4.90 Å². The van der Waals surface area contributed by atoms with E-state index in [0.29, 0.717) is 18.3 Å². The Morgan fingerprint density at radius 2 is 1.82 bits per heavy atom. The van der Waals surface area contributed by atoms with Gasteiger partial charge in [0.1, 0.15) is 30.5 Å². The van der Waals surface area contributed by atoms with Crippen molar-refractivity contribution >= 4 is 24.2 Å². The molecule has 3 N–H and O–H groups in total. The average Bonchev–Trinajstić information content (AvgIpc) is 2.77. The summed E-state index contributed by atoms with van der Waals surface area (Å²) in [5.74, 6) is -1.21. The van der Waals surface area contributed by atoms with Crippen LogP contribution in [-0.4, -0.2) is 65.5 Å². The minimum Gasteiger partial charge on any atom is -0.444 e. The van der Waals surface area contributed by atoms with Crippen molar-refractivity contribution in [2.45, 2.75) is 65.1 Å². The molecule has 0 bridgehead atoms. The molecule has 0 aliphatic rings. The molecule has 1 aromatic carbocycles. The molecular formula is C24H37N3O6. The number of aldehydes is 1. The van der Waals surface area contributed by atoms with E-state index in [0.717, 1.165) is 0 Å². The van der Waals surface area contributed by atoms with Crippen LogP contribution in [0.2, 0.25) is 0 Å². The van der Waals surface area contributed by atoms with Gasteiger partial charge in [-0.1, -0.05) is 50.6 Å². The van der Waals surface area contributed by atoms with Crippen LogP contribution in [0.4, 0.5) is 4.79 Å². The summed E-state index contributed by atoms with van der Waals surface area (Å²) in [6.45, 7) is 8.48. The largest absolute Gasteiger partial charge is 0.444 e. The van der Waals surface area contributed by atoms with Gasteiger partial charge in [0.05, 0.1) is 0 Å². The van der Waals surface area contributed by atoms with Crippen molar-refractivity contribution in [2.24, 2.45) is 5.92 Å². The third-order valence-corrected chi connectivity index (χ3v) is 5.03. The lowest BCUT2D eigenvalue weighted by Crippen LogP contribution is -2.54. The Balaban J connectivity index is 3.04. The summed E-state index contributed by atoms with van der Waals surface area (Å²) in [7, 11) is 0. The zero-order valence-corrected chi connectivity index (χ0v) is 20.2. The Labute approximate surface area is 195 Å². The zero-order valence-electron chi connectivity index (χ0n) is 20.2. The van der Waals surface area contributed by atoms with Crippen molar-refractivity contribution in [3.8, 4) is 0 Å². The Morgan fingerprint density at radius 3 is 2.33 bits per heavy atom. The molecule has 184 valence electrons. The summed E-state index contributed by atoms with van der Waals surface area (Å²) < 4.78 is 5.12. The number of aliphatic hydroxyl groups excluding tert-OH is 1. The van der Waals surface area contributed by atoms with E-state index in [1.54, 1.807) is 45.0 Å². The predicted octanol–water partition coefficient (Wildman–Crippen LogP) is 2.19. The molecule has 0 saturated heterocycles. The minimum absolute atomic E-state index is 0.145. The number of alkyl carbamates (subject to hydrolysis) is 1. The van der Waals surface area contributed by atoms with Crippen LogP contribution >= 0.6 is 0 Å². The number of carbonyl (C=O) groups excluding carboxylic acids is 4. The highest BCUT2D eigenvalue weighted by atomic mass is 16.6. The lowest BCUT2D eigenvalue weighted by atomic mass is 9.96. The van der Waals surface area contributed by atoms with Crippen LogP contribution in [0, 0.1) is 5.92 Å². The van der Waals surface area contributed by atoms with Crippen molar-refractivity contribution in [1.29, 1.82) is 0 Å². The fourth-order valence-electron chi connectivity index (χ4n) is 3.16. The topological polar surface area (TPSA) is 125 Å². The molecule has 1 rings (SSSR count). The first kappa shape index (κ1) is 28.1.